The van der Waals surface area contributed by atoms with Crippen LogP contribution in [0.5, 0.6) is 0 Å². The number of nitrogens with one attached hydrogen (secondary N) is 2. The number of aliphatic hydroxyl groups excluding tert-OH is 1. The lowest BCUT2D eigenvalue weighted by Crippen LogP contribution is -2.35. The van der Waals surface area contributed by atoms with E-state index in [0.717, 1.165) is 6.42 Å². The van der Waals surface area contributed by atoms with Crippen LogP contribution in [0.3, 0.4) is 0 Å². The molecule has 0 aliphatic heterocycles. The van der Waals surface area contributed by atoms with Crippen LogP contribution in [0, 0.1) is 0 Å². The van der Waals surface area contributed by atoms with Gasteiger partial charge in [-0.25, -0.2) is 0 Å². The quantitative estimate of drug-likeness (QED) is 0.670. The Morgan fingerprint density at radius 1 is 1.47 bits per heavy atom. The maximum atomic E-state index is 11.6. The molecule has 3 N–H and O–H groups in total. The summed E-state index contributed by atoms with van der Waals surface area (Å²) in [5.41, 5.74) is 0.627. The van der Waals surface area contributed by atoms with Crippen molar-refractivity contribution in [2.75, 3.05) is 13.2 Å². The maximum absolute atomic E-state index is 11.6. The molecule has 0 saturated heterocycles. The van der Waals surface area contributed by atoms with Crippen LogP contribution in [0.2, 0.25) is 0 Å². The first kappa shape index (κ1) is 15.7. The number of rotatable bonds is 8. The number of carbonyl (C=O) groups is 2. The molecule has 5 nitrogen and oxygen atoms in total. The molecule has 6 heteroatoms. The molecule has 0 radical (unpaired) electrons. The first-order valence-corrected chi connectivity index (χ1v) is 7.28. The number of aliphatic hydroxyl groups is 1. The Morgan fingerprint density at radius 2 is 2.26 bits per heavy atom. The van der Waals surface area contributed by atoms with E-state index in [2.05, 4.69) is 10.6 Å². The fraction of sp³-hybridized carbons (Fsp3) is 0.538. The minimum atomic E-state index is -0.151. The number of amides is 2. The fourth-order valence-electron chi connectivity index (χ4n) is 1.60. The minimum Gasteiger partial charge on any atom is -0.396 e. The molecule has 0 fully saturated rings. The Hall–Kier alpha value is -1.40. The van der Waals surface area contributed by atoms with Crippen molar-refractivity contribution in [3.63, 3.8) is 0 Å². The van der Waals surface area contributed by atoms with E-state index in [0.29, 0.717) is 18.5 Å². The summed E-state index contributed by atoms with van der Waals surface area (Å²) in [4.78, 5) is 23.1. The highest BCUT2D eigenvalue weighted by Gasteiger charge is 2.09. The average molecular weight is 284 g/mol. The van der Waals surface area contributed by atoms with E-state index >= 15 is 0 Å². The molecule has 0 aliphatic carbocycles. The van der Waals surface area contributed by atoms with Gasteiger partial charge < -0.3 is 15.7 Å². The van der Waals surface area contributed by atoms with Crippen molar-refractivity contribution >= 4 is 23.2 Å². The van der Waals surface area contributed by atoms with Gasteiger partial charge in [-0.05, 0) is 31.2 Å². The van der Waals surface area contributed by atoms with Crippen LogP contribution in [-0.4, -0.2) is 36.1 Å². The predicted octanol–water partition coefficient (Wildman–Crippen LogP) is 1.15. The first-order chi connectivity index (χ1) is 9.13. The number of hydrogen-bond donors (Lipinski definition) is 3. The van der Waals surface area contributed by atoms with Gasteiger partial charge in [0.05, 0.1) is 0 Å². The third-order valence-corrected chi connectivity index (χ3v) is 3.31. The SMILES string of the molecule is CC(CCCO)NC(=O)CCNC(=O)c1ccsc1. The Bertz CT molecular complexity index is 393. The molecular weight excluding hydrogens is 264 g/mol. The van der Waals surface area contributed by atoms with E-state index < -0.39 is 0 Å². The van der Waals surface area contributed by atoms with Crippen molar-refractivity contribution in [2.45, 2.75) is 32.2 Å². The monoisotopic (exact) mass is 284 g/mol. The molecule has 1 atom stereocenters. The van der Waals surface area contributed by atoms with Gasteiger partial charge in [-0.1, -0.05) is 0 Å². The van der Waals surface area contributed by atoms with Gasteiger partial charge in [0, 0.05) is 36.6 Å². The third-order valence-electron chi connectivity index (χ3n) is 2.62. The van der Waals surface area contributed by atoms with Gasteiger partial charge in [0.15, 0.2) is 0 Å². The number of thiophene rings is 1. The summed E-state index contributed by atoms with van der Waals surface area (Å²) in [7, 11) is 0. The summed E-state index contributed by atoms with van der Waals surface area (Å²) < 4.78 is 0. The van der Waals surface area contributed by atoms with Crippen molar-refractivity contribution in [1.82, 2.24) is 10.6 Å². The molecule has 0 spiro atoms. The normalized spacial score (nSPS) is 11.9. The van der Waals surface area contributed by atoms with Gasteiger partial charge in [-0.2, -0.15) is 11.3 Å². The molecule has 19 heavy (non-hydrogen) atoms. The van der Waals surface area contributed by atoms with Crippen LogP contribution >= 0.6 is 11.3 Å². The van der Waals surface area contributed by atoms with E-state index in [1.54, 1.807) is 11.4 Å². The lowest BCUT2D eigenvalue weighted by atomic mass is 10.2. The second-order valence-electron chi connectivity index (χ2n) is 4.35. The van der Waals surface area contributed by atoms with Crippen LogP contribution < -0.4 is 10.6 Å². The van der Waals surface area contributed by atoms with E-state index in [1.165, 1.54) is 11.3 Å². The maximum Gasteiger partial charge on any atom is 0.252 e. The summed E-state index contributed by atoms with van der Waals surface area (Å²) >= 11 is 1.46. The molecular formula is C13H20N2O3S. The summed E-state index contributed by atoms with van der Waals surface area (Å²) in [5, 5.41) is 17.8. The smallest absolute Gasteiger partial charge is 0.252 e. The summed E-state index contributed by atoms with van der Waals surface area (Å²) in [6.45, 7) is 2.36. The van der Waals surface area contributed by atoms with Gasteiger partial charge in [0.2, 0.25) is 5.91 Å². The number of carbonyl (C=O) groups excluding carboxylic acids is 2. The molecule has 1 aromatic rings. The topological polar surface area (TPSA) is 78.4 Å². The van der Waals surface area contributed by atoms with Crippen molar-refractivity contribution in [1.29, 1.82) is 0 Å². The van der Waals surface area contributed by atoms with Gasteiger partial charge in [-0.15, -0.1) is 0 Å². The fourth-order valence-corrected chi connectivity index (χ4v) is 2.24. The molecule has 1 aromatic heterocycles. The molecule has 1 rings (SSSR count). The Kier molecular flexibility index (Phi) is 7.14. The van der Waals surface area contributed by atoms with Gasteiger partial charge in [-0.3, -0.25) is 9.59 Å². The highest BCUT2D eigenvalue weighted by atomic mass is 32.1. The standard InChI is InChI=1S/C13H20N2O3S/c1-10(3-2-7-16)15-12(17)4-6-14-13(18)11-5-8-19-9-11/h5,8-10,16H,2-4,6-7H2,1H3,(H,14,18)(H,15,17). The van der Waals surface area contributed by atoms with Crippen molar-refractivity contribution < 1.29 is 14.7 Å². The molecule has 2 amide bonds. The zero-order valence-corrected chi connectivity index (χ0v) is 11.8. The first-order valence-electron chi connectivity index (χ1n) is 6.34. The van der Waals surface area contributed by atoms with Crippen LogP contribution in [0.4, 0.5) is 0 Å². The van der Waals surface area contributed by atoms with E-state index in [-0.39, 0.29) is 30.9 Å². The van der Waals surface area contributed by atoms with E-state index in [9.17, 15) is 9.59 Å². The van der Waals surface area contributed by atoms with Crippen LogP contribution in [0.25, 0.3) is 0 Å². The van der Waals surface area contributed by atoms with Crippen molar-refractivity contribution in [3.05, 3.63) is 22.4 Å². The zero-order valence-electron chi connectivity index (χ0n) is 11.0. The average Bonchev–Trinajstić information content (AvgIpc) is 2.90. The van der Waals surface area contributed by atoms with Crippen LogP contribution in [0.15, 0.2) is 16.8 Å². The number of hydrogen-bond acceptors (Lipinski definition) is 4. The second kappa shape index (κ2) is 8.66. The Morgan fingerprint density at radius 3 is 2.89 bits per heavy atom. The summed E-state index contributed by atoms with van der Waals surface area (Å²) in [6, 6.07) is 1.80. The van der Waals surface area contributed by atoms with Crippen molar-refractivity contribution in [2.24, 2.45) is 0 Å². The van der Waals surface area contributed by atoms with Crippen LogP contribution in [-0.2, 0) is 4.79 Å². The lowest BCUT2D eigenvalue weighted by Gasteiger charge is -2.13. The lowest BCUT2D eigenvalue weighted by molar-refractivity contribution is -0.121. The van der Waals surface area contributed by atoms with Crippen LogP contribution in [0.1, 0.15) is 36.5 Å². The zero-order chi connectivity index (χ0) is 14.1. The molecule has 1 unspecified atom stereocenters. The summed E-state index contributed by atoms with van der Waals surface area (Å²) in [5.74, 6) is -0.238. The second-order valence-corrected chi connectivity index (χ2v) is 5.13. The molecule has 0 bridgehead atoms. The predicted molar refractivity (Wildman–Crippen MR) is 75.2 cm³/mol. The van der Waals surface area contributed by atoms with E-state index in [4.69, 9.17) is 5.11 Å². The highest BCUT2D eigenvalue weighted by molar-refractivity contribution is 7.08. The molecule has 106 valence electrons. The van der Waals surface area contributed by atoms with Gasteiger partial charge in [0.25, 0.3) is 5.91 Å². The minimum absolute atomic E-state index is 0.0484. The van der Waals surface area contributed by atoms with Gasteiger partial charge in [0.1, 0.15) is 0 Å². The molecule has 0 aromatic carbocycles. The van der Waals surface area contributed by atoms with Gasteiger partial charge >= 0.3 is 0 Å². The third kappa shape index (κ3) is 6.35. The highest BCUT2D eigenvalue weighted by Crippen LogP contribution is 2.05. The molecule has 0 saturated carbocycles. The molecule has 0 aliphatic rings. The van der Waals surface area contributed by atoms with E-state index in [1.807, 2.05) is 12.3 Å². The Balaban J connectivity index is 2.15. The molecule has 1 heterocycles. The largest absolute Gasteiger partial charge is 0.396 e. The van der Waals surface area contributed by atoms with Crippen molar-refractivity contribution in [3.8, 4) is 0 Å². The summed E-state index contributed by atoms with van der Waals surface area (Å²) in [6.07, 6.45) is 1.69. The Labute approximate surface area is 117 Å².